The molecular weight excluding hydrogens is 508 g/mol. The number of likely N-dealkylation sites (tertiary alicyclic amines) is 1. The molecule has 3 heterocycles. The van der Waals surface area contributed by atoms with Crippen LogP contribution in [0.3, 0.4) is 0 Å². The minimum absolute atomic E-state index is 0.0230. The number of amides is 2. The number of carboxylic acids is 1. The van der Waals surface area contributed by atoms with Crippen LogP contribution >= 0.6 is 23.1 Å². The molecule has 7 nitrogen and oxygen atoms in total. The van der Waals surface area contributed by atoms with Gasteiger partial charge < -0.3 is 5.11 Å². The number of aromatic nitrogens is 1. The number of rotatable bonds is 5. The van der Waals surface area contributed by atoms with Crippen molar-refractivity contribution in [3.05, 3.63) is 80.8 Å². The number of imide groups is 1. The number of benzene rings is 2. The monoisotopic (exact) mass is 532 g/mol. The number of para-hydroxylation sites is 1. The first-order chi connectivity index (χ1) is 18.0. The summed E-state index contributed by atoms with van der Waals surface area (Å²) in [5.41, 5.74) is 1.96. The third-order valence-electron chi connectivity index (χ3n) is 8.68. The smallest absolute Gasteiger partial charge is 0.312 e. The Balaban J connectivity index is 1.35. The van der Waals surface area contributed by atoms with Gasteiger partial charge in [-0.2, -0.15) is 0 Å². The molecule has 4 aliphatic rings. The normalized spacial score (nSPS) is 31.4. The molecule has 1 aromatic heterocycles. The zero-order valence-corrected chi connectivity index (χ0v) is 21.4. The van der Waals surface area contributed by atoms with Crippen molar-refractivity contribution < 1.29 is 19.5 Å². The highest BCUT2D eigenvalue weighted by Gasteiger charge is 2.69. The summed E-state index contributed by atoms with van der Waals surface area (Å²) in [5.74, 6) is -2.08. The third-order valence-corrected chi connectivity index (χ3v) is 11.4. The second-order valence-electron chi connectivity index (χ2n) is 10.3. The molecule has 3 aromatic rings. The molecule has 7 atom stereocenters. The van der Waals surface area contributed by atoms with E-state index in [0.29, 0.717) is 0 Å². The molecule has 2 aliphatic heterocycles. The molecule has 0 radical (unpaired) electrons. The maximum absolute atomic E-state index is 13.5. The Morgan fingerprint density at radius 3 is 2.24 bits per heavy atom. The van der Waals surface area contributed by atoms with Crippen molar-refractivity contribution in [3.63, 3.8) is 0 Å². The van der Waals surface area contributed by atoms with E-state index in [1.165, 1.54) is 16.2 Å². The van der Waals surface area contributed by atoms with Crippen molar-refractivity contribution in [2.75, 3.05) is 6.54 Å². The molecule has 9 heteroatoms. The lowest BCUT2D eigenvalue weighted by molar-refractivity contribution is -0.142. The standard InChI is InChI=1S/C28H24N2O5S2/c31-18(32)11-12-29-25(33)21-16-13-17(22(21)26(29)34)23-20(16)19(14-7-3-1-4-8-14)24-27(36-23)30(28(35)37-24)15-9-5-2-6-10-15/h1-10,16-17,19-23H,11-13H2,(H,31,32)/t16-,17-,19+,20-,21+,22-,23+/m1/s1. The van der Waals surface area contributed by atoms with Crippen LogP contribution < -0.4 is 4.87 Å². The topological polar surface area (TPSA) is 96.7 Å². The summed E-state index contributed by atoms with van der Waals surface area (Å²) in [5, 5.41) is 10.2. The zero-order chi connectivity index (χ0) is 25.4. The summed E-state index contributed by atoms with van der Waals surface area (Å²) < 4.78 is 1.81. The Morgan fingerprint density at radius 1 is 0.919 bits per heavy atom. The first kappa shape index (κ1) is 23.0. The van der Waals surface area contributed by atoms with E-state index in [1.807, 2.05) is 48.5 Å². The number of hydrogen-bond acceptors (Lipinski definition) is 6. The van der Waals surface area contributed by atoms with Crippen LogP contribution in [0.15, 0.2) is 70.5 Å². The van der Waals surface area contributed by atoms with Gasteiger partial charge in [-0.1, -0.05) is 59.9 Å². The van der Waals surface area contributed by atoms with E-state index in [0.717, 1.165) is 27.6 Å². The number of hydrogen-bond donors (Lipinski definition) is 1. The van der Waals surface area contributed by atoms with Gasteiger partial charge in [-0.25, -0.2) is 0 Å². The van der Waals surface area contributed by atoms with E-state index in [-0.39, 0.29) is 58.6 Å². The second kappa shape index (κ2) is 8.43. The molecule has 2 amide bonds. The highest BCUT2D eigenvalue weighted by atomic mass is 32.2. The largest absolute Gasteiger partial charge is 0.481 e. The van der Waals surface area contributed by atoms with Gasteiger partial charge in [0.05, 0.1) is 29.0 Å². The summed E-state index contributed by atoms with van der Waals surface area (Å²) in [4.78, 5) is 53.6. The molecule has 3 fully saturated rings. The van der Waals surface area contributed by atoms with E-state index in [1.54, 1.807) is 16.3 Å². The van der Waals surface area contributed by atoms with Crippen LogP contribution in [0.25, 0.3) is 5.69 Å². The maximum Gasteiger partial charge on any atom is 0.312 e. The summed E-state index contributed by atoms with van der Waals surface area (Å²) in [6.07, 6.45) is 0.580. The summed E-state index contributed by atoms with van der Waals surface area (Å²) in [6.45, 7) is -0.0646. The van der Waals surface area contributed by atoms with Gasteiger partial charge in [0.15, 0.2) is 0 Å². The van der Waals surface area contributed by atoms with Gasteiger partial charge in [0.2, 0.25) is 11.8 Å². The van der Waals surface area contributed by atoms with E-state index >= 15 is 0 Å². The van der Waals surface area contributed by atoms with Gasteiger partial charge >= 0.3 is 10.8 Å². The molecule has 7 rings (SSSR count). The Labute approximate surface area is 221 Å². The predicted molar refractivity (Wildman–Crippen MR) is 139 cm³/mol. The molecule has 2 saturated carbocycles. The van der Waals surface area contributed by atoms with E-state index in [4.69, 9.17) is 5.11 Å². The molecular formula is C28H24N2O5S2. The quantitative estimate of drug-likeness (QED) is 0.502. The minimum Gasteiger partial charge on any atom is -0.481 e. The molecule has 0 spiro atoms. The fraction of sp³-hybridized carbons (Fsp3) is 0.357. The van der Waals surface area contributed by atoms with Crippen molar-refractivity contribution in [2.24, 2.45) is 29.6 Å². The highest BCUT2D eigenvalue weighted by molar-refractivity contribution is 8.00. The summed E-state index contributed by atoms with van der Waals surface area (Å²) in [7, 11) is 0. The third kappa shape index (κ3) is 3.26. The molecule has 2 bridgehead atoms. The number of carbonyl (C=O) groups excluding carboxylic acids is 2. The van der Waals surface area contributed by atoms with Crippen LogP contribution in [-0.4, -0.2) is 44.2 Å². The zero-order valence-electron chi connectivity index (χ0n) is 19.7. The fourth-order valence-corrected chi connectivity index (χ4v) is 10.6. The lowest BCUT2D eigenvalue weighted by Gasteiger charge is -2.43. The predicted octanol–water partition coefficient (Wildman–Crippen LogP) is 3.85. The van der Waals surface area contributed by atoms with Gasteiger partial charge in [0.25, 0.3) is 0 Å². The van der Waals surface area contributed by atoms with Crippen LogP contribution in [0.1, 0.15) is 29.2 Å². The van der Waals surface area contributed by atoms with Crippen LogP contribution in [-0.2, 0) is 14.4 Å². The maximum atomic E-state index is 13.5. The molecule has 2 aromatic carbocycles. The lowest BCUT2D eigenvalue weighted by atomic mass is 9.68. The van der Waals surface area contributed by atoms with Crippen LogP contribution in [0.2, 0.25) is 0 Å². The van der Waals surface area contributed by atoms with Crippen molar-refractivity contribution in [3.8, 4) is 5.69 Å². The van der Waals surface area contributed by atoms with E-state index in [9.17, 15) is 19.2 Å². The van der Waals surface area contributed by atoms with Gasteiger partial charge in [-0.05, 0) is 41.9 Å². The number of carboxylic acid groups (broad SMARTS) is 1. The molecule has 1 N–H and O–H groups in total. The number of nitrogens with zero attached hydrogens (tertiary/aromatic N) is 2. The molecule has 188 valence electrons. The van der Waals surface area contributed by atoms with E-state index in [2.05, 4.69) is 12.1 Å². The van der Waals surface area contributed by atoms with Crippen LogP contribution in [0.5, 0.6) is 0 Å². The summed E-state index contributed by atoms with van der Waals surface area (Å²) >= 11 is 2.99. The van der Waals surface area contributed by atoms with Crippen molar-refractivity contribution >= 4 is 40.9 Å². The SMILES string of the molecule is O=C(O)CCN1C(=O)[C@@H]2[C@H]3C[C@@H]([C@@H]2C1=O)[C@@H]1[C@H](c2ccccc2)c2sc(=O)n(-c4ccccc4)c2S[C@@H]31. The van der Waals surface area contributed by atoms with Gasteiger partial charge in [-0.3, -0.25) is 28.6 Å². The average Bonchev–Trinajstić information content (AvgIpc) is 3.62. The van der Waals surface area contributed by atoms with Crippen LogP contribution in [0, 0.1) is 29.6 Å². The Kier molecular flexibility index (Phi) is 5.23. The number of thioether (sulfide) groups is 1. The van der Waals surface area contributed by atoms with Crippen LogP contribution in [0.4, 0.5) is 0 Å². The van der Waals surface area contributed by atoms with Crippen molar-refractivity contribution in [2.45, 2.75) is 29.0 Å². The number of fused-ring (bicyclic) bond motifs is 9. The number of thiazole rings is 1. The molecule has 37 heavy (non-hydrogen) atoms. The van der Waals surface area contributed by atoms with Gasteiger partial charge in [-0.15, -0.1) is 11.8 Å². The molecule has 1 saturated heterocycles. The summed E-state index contributed by atoms with van der Waals surface area (Å²) in [6, 6.07) is 19.9. The molecule has 0 unspecified atom stereocenters. The number of aliphatic carboxylic acids is 1. The Hall–Kier alpha value is -3.17. The fourth-order valence-electron chi connectivity index (χ4n) is 7.40. The van der Waals surface area contributed by atoms with Crippen molar-refractivity contribution in [1.29, 1.82) is 0 Å². The average molecular weight is 533 g/mol. The lowest BCUT2D eigenvalue weighted by Crippen LogP contribution is -2.43. The van der Waals surface area contributed by atoms with E-state index < -0.39 is 17.8 Å². The number of carbonyl (C=O) groups is 3. The first-order valence-corrected chi connectivity index (χ1v) is 14.2. The second-order valence-corrected chi connectivity index (χ2v) is 12.5. The highest BCUT2D eigenvalue weighted by Crippen LogP contribution is 2.68. The first-order valence-electron chi connectivity index (χ1n) is 12.6. The Morgan fingerprint density at radius 2 is 1.57 bits per heavy atom. The van der Waals surface area contributed by atoms with Gasteiger partial charge in [0, 0.05) is 22.6 Å². The van der Waals surface area contributed by atoms with Gasteiger partial charge in [0.1, 0.15) is 0 Å². The molecule has 2 aliphatic carbocycles. The minimum atomic E-state index is -1.02. The Bertz CT molecular complexity index is 1480. The van der Waals surface area contributed by atoms with Crippen molar-refractivity contribution in [1.82, 2.24) is 9.47 Å².